The molecule has 2 heterocycles. The van der Waals surface area contributed by atoms with Crippen LogP contribution in [0, 0.1) is 0 Å². The molecule has 0 aliphatic heterocycles. The van der Waals surface area contributed by atoms with Crippen molar-refractivity contribution in [1.82, 2.24) is 20.0 Å². The van der Waals surface area contributed by atoms with Crippen LogP contribution >= 0.6 is 11.3 Å². The van der Waals surface area contributed by atoms with E-state index in [-0.39, 0.29) is 5.91 Å². The van der Waals surface area contributed by atoms with E-state index >= 15 is 0 Å². The predicted molar refractivity (Wildman–Crippen MR) is 96.9 cm³/mol. The van der Waals surface area contributed by atoms with Crippen molar-refractivity contribution in [3.05, 3.63) is 78.6 Å². The molecule has 7 heteroatoms. The summed E-state index contributed by atoms with van der Waals surface area (Å²) in [4.78, 5) is 12.4. The molecule has 2 aromatic heterocycles. The molecule has 1 amide bonds. The zero-order valence-electron chi connectivity index (χ0n) is 13.0. The van der Waals surface area contributed by atoms with Gasteiger partial charge in [0.2, 0.25) is 5.13 Å². The second-order valence-electron chi connectivity index (χ2n) is 5.24. The predicted octanol–water partition coefficient (Wildman–Crippen LogP) is 3.64. The largest absolute Gasteiger partial charge is 0.296 e. The Labute approximate surface area is 147 Å². The summed E-state index contributed by atoms with van der Waals surface area (Å²) in [5, 5.41) is 16.4. The second kappa shape index (κ2) is 6.66. The minimum absolute atomic E-state index is 0.266. The number of hydrogen-bond acceptors (Lipinski definition) is 5. The minimum atomic E-state index is -0.266. The van der Waals surface area contributed by atoms with E-state index in [1.54, 1.807) is 10.9 Å². The maximum absolute atomic E-state index is 12.4. The highest BCUT2D eigenvalue weighted by molar-refractivity contribution is 7.18. The van der Waals surface area contributed by atoms with Crippen LogP contribution in [0.2, 0.25) is 0 Å². The molecule has 122 valence electrons. The number of para-hydroxylation sites is 1. The van der Waals surface area contributed by atoms with Gasteiger partial charge < -0.3 is 0 Å². The Kier molecular flexibility index (Phi) is 4.05. The van der Waals surface area contributed by atoms with Crippen molar-refractivity contribution in [2.75, 3.05) is 5.32 Å². The normalized spacial score (nSPS) is 10.6. The zero-order chi connectivity index (χ0) is 17.1. The lowest BCUT2D eigenvalue weighted by molar-refractivity contribution is 0.102. The molecule has 2 aromatic carbocycles. The summed E-state index contributed by atoms with van der Waals surface area (Å²) in [6.07, 6.45) is 3.21. The van der Waals surface area contributed by atoms with Gasteiger partial charge >= 0.3 is 0 Å². The van der Waals surface area contributed by atoms with Crippen LogP contribution in [-0.2, 0) is 0 Å². The fourth-order valence-electron chi connectivity index (χ4n) is 2.30. The number of benzene rings is 2. The van der Waals surface area contributed by atoms with Gasteiger partial charge in [-0.1, -0.05) is 59.9 Å². The molecule has 0 aliphatic rings. The molecule has 0 aliphatic carbocycles. The molecule has 25 heavy (non-hydrogen) atoms. The van der Waals surface area contributed by atoms with Crippen molar-refractivity contribution in [3.8, 4) is 16.3 Å². The summed E-state index contributed by atoms with van der Waals surface area (Å²) < 4.78 is 1.66. The minimum Gasteiger partial charge on any atom is -0.296 e. The molecule has 1 N–H and O–H groups in total. The molecule has 6 nitrogen and oxygen atoms in total. The van der Waals surface area contributed by atoms with Gasteiger partial charge in [0.15, 0.2) is 0 Å². The highest BCUT2D eigenvalue weighted by Gasteiger charge is 2.13. The number of hydrogen-bond donors (Lipinski definition) is 1. The summed E-state index contributed by atoms with van der Waals surface area (Å²) in [5.41, 5.74) is 2.32. The van der Waals surface area contributed by atoms with Crippen LogP contribution in [0.25, 0.3) is 16.3 Å². The number of nitrogens with zero attached hydrogens (tertiary/aromatic N) is 4. The van der Waals surface area contributed by atoms with Crippen LogP contribution < -0.4 is 5.32 Å². The van der Waals surface area contributed by atoms with Crippen LogP contribution in [0.3, 0.4) is 0 Å². The van der Waals surface area contributed by atoms with E-state index < -0.39 is 0 Å². The first-order valence-electron chi connectivity index (χ1n) is 7.60. The molecule has 0 fully saturated rings. The highest BCUT2D eigenvalue weighted by atomic mass is 32.1. The summed E-state index contributed by atoms with van der Waals surface area (Å²) in [7, 11) is 0. The number of carbonyl (C=O) groups excluding carboxylic acids is 1. The standard InChI is InChI=1S/C18H13N5OS/c24-16(14-11-19-23(12-14)15-9-5-2-6-10-15)20-18-22-21-17(25-18)13-7-3-1-4-8-13/h1-12H,(H,20,22,24). The van der Waals surface area contributed by atoms with Gasteiger partial charge in [0.05, 0.1) is 17.4 Å². The Morgan fingerprint density at radius 1 is 0.960 bits per heavy atom. The number of rotatable bonds is 4. The third-order valence-electron chi connectivity index (χ3n) is 3.53. The molecule has 4 rings (SSSR count). The average Bonchev–Trinajstić information content (AvgIpc) is 3.33. The van der Waals surface area contributed by atoms with Crippen molar-refractivity contribution in [2.45, 2.75) is 0 Å². The monoisotopic (exact) mass is 347 g/mol. The maximum Gasteiger partial charge on any atom is 0.260 e. The van der Waals surface area contributed by atoms with Crippen molar-refractivity contribution >= 4 is 22.4 Å². The zero-order valence-corrected chi connectivity index (χ0v) is 13.9. The molecule has 4 aromatic rings. The van der Waals surface area contributed by atoms with Gasteiger partial charge in [-0.3, -0.25) is 10.1 Å². The molecule has 0 saturated carbocycles. The fraction of sp³-hybridized carbons (Fsp3) is 0. The summed E-state index contributed by atoms with van der Waals surface area (Å²) in [6, 6.07) is 19.3. The lowest BCUT2D eigenvalue weighted by atomic mass is 10.2. The third-order valence-corrected chi connectivity index (χ3v) is 4.42. The highest BCUT2D eigenvalue weighted by Crippen LogP contribution is 2.26. The van der Waals surface area contributed by atoms with E-state index in [2.05, 4.69) is 20.6 Å². The lowest BCUT2D eigenvalue weighted by Gasteiger charge is -1.99. The number of anilines is 1. The van der Waals surface area contributed by atoms with E-state index in [0.717, 1.165) is 16.3 Å². The number of carbonyl (C=O) groups is 1. The van der Waals surface area contributed by atoms with Crippen molar-refractivity contribution in [1.29, 1.82) is 0 Å². The van der Waals surface area contributed by atoms with Gasteiger partial charge in [0.1, 0.15) is 5.01 Å². The van der Waals surface area contributed by atoms with Crippen molar-refractivity contribution in [3.63, 3.8) is 0 Å². The summed E-state index contributed by atoms with van der Waals surface area (Å²) in [5.74, 6) is -0.266. The van der Waals surface area contributed by atoms with Crippen LogP contribution in [0.4, 0.5) is 5.13 Å². The maximum atomic E-state index is 12.4. The average molecular weight is 347 g/mol. The van der Waals surface area contributed by atoms with Gasteiger partial charge in [0.25, 0.3) is 5.91 Å². The van der Waals surface area contributed by atoms with E-state index in [1.807, 2.05) is 60.7 Å². The first-order chi connectivity index (χ1) is 12.3. The van der Waals surface area contributed by atoms with Gasteiger partial charge in [-0.05, 0) is 12.1 Å². The first-order valence-corrected chi connectivity index (χ1v) is 8.41. The van der Waals surface area contributed by atoms with Crippen molar-refractivity contribution in [2.24, 2.45) is 0 Å². The Bertz CT molecular complexity index is 995. The first kappa shape index (κ1) is 15.2. The van der Waals surface area contributed by atoms with E-state index in [0.29, 0.717) is 10.7 Å². The van der Waals surface area contributed by atoms with Gasteiger partial charge in [-0.15, -0.1) is 10.2 Å². The number of amides is 1. The van der Waals surface area contributed by atoms with Crippen LogP contribution in [-0.4, -0.2) is 25.9 Å². The topological polar surface area (TPSA) is 72.7 Å². The Morgan fingerprint density at radius 3 is 2.44 bits per heavy atom. The molecule has 0 unspecified atom stereocenters. The molecular weight excluding hydrogens is 334 g/mol. The SMILES string of the molecule is O=C(Nc1nnc(-c2ccccc2)s1)c1cnn(-c2ccccc2)c1. The second-order valence-corrected chi connectivity index (χ2v) is 6.22. The number of nitrogens with one attached hydrogen (secondary N) is 1. The van der Waals surface area contributed by atoms with Gasteiger partial charge in [-0.25, -0.2) is 4.68 Å². The Hall–Kier alpha value is -3.32. The third kappa shape index (κ3) is 3.31. The fourth-order valence-corrected chi connectivity index (χ4v) is 3.05. The summed E-state index contributed by atoms with van der Waals surface area (Å²) in [6.45, 7) is 0. The molecular formula is C18H13N5OS. The Balaban J connectivity index is 1.50. The molecule has 0 saturated heterocycles. The van der Waals surface area contributed by atoms with E-state index in [9.17, 15) is 4.79 Å². The smallest absolute Gasteiger partial charge is 0.260 e. The van der Waals surface area contributed by atoms with E-state index in [4.69, 9.17) is 0 Å². The number of aromatic nitrogens is 4. The van der Waals surface area contributed by atoms with E-state index in [1.165, 1.54) is 17.5 Å². The van der Waals surface area contributed by atoms with Gasteiger partial charge in [-0.2, -0.15) is 5.10 Å². The summed E-state index contributed by atoms with van der Waals surface area (Å²) >= 11 is 1.33. The lowest BCUT2D eigenvalue weighted by Crippen LogP contribution is -2.10. The van der Waals surface area contributed by atoms with Crippen LogP contribution in [0.15, 0.2) is 73.1 Å². The van der Waals surface area contributed by atoms with Crippen LogP contribution in [0.1, 0.15) is 10.4 Å². The quantitative estimate of drug-likeness (QED) is 0.612. The van der Waals surface area contributed by atoms with Gasteiger partial charge in [0, 0.05) is 11.8 Å². The molecule has 0 bridgehead atoms. The Morgan fingerprint density at radius 2 is 1.68 bits per heavy atom. The molecule has 0 atom stereocenters. The van der Waals surface area contributed by atoms with Crippen molar-refractivity contribution < 1.29 is 4.79 Å². The molecule has 0 spiro atoms. The van der Waals surface area contributed by atoms with Crippen LogP contribution in [0.5, 0.6) is 0 Å². The molecule has 0 radical (unpaired) electrons.